The van der Waals surface area contributed by atoms with E-state index < -0.39 is 0 Å². The Bertz CT molecular complexity index is 586. The summed E-state index contributed by atoms with van der Waals surface area (Å²) in [7, 11) is 0. The first-order valence-corrected chi connectivity index (χ1v) is 6.96. The number of nitrogens with one attached hydrogen (secondary N) is 2. The second kappa shape index (κ2) is 7.40. The number of hydrogen-bond donors (Lipinski definition) is 3. The maximum absolute atomic E-state index is 12.2. The molecule has 1 aromatic heterocycles. The lowest BCUT2D eigenvalue weighted by atomic mass is 10.1. The van der Waals surface area contributed by atoms with Crippen molar-refractivity contribution in [3.63, 3.8) is 0 Å². The van der Waals surface area contributed by atoms with Crippen LogP contribution < -0.4 is 16.6 Å². The van der Waals surface area contributed by atoms with Gasteiger partial charge in [-0.1, -0.05) is 30.3 Å². The highest BCUT2D eigenvalue weighted by atomic mass is 16.1. The molecule has 1 atom stereocenters. The van der Waals surface area contributed by atoms with Crippen LogP contribution in [0, 0.1) is 0 Å². The van der Waals surface area contributed by atoms with E-state index in [2.05, 4.69) is 27.9 Å². The molecule has 0 spiro atoms. The molecular formula is C16H20N4O. The van der Waals surface area contributed by atoms with Crippen LogP contribution in [0.3, 0.4) is 0 Å². The Morgan fingerprint density at radius 1 is 1.29 bits per heavy atom. The molecule has 4 N–H and O–H groups in total. The quantitative estimate of drug-likeness (QED) is 0.560. The van der Waals surface area contributed by atoms with Crippen LogP contribution in [0.25, 0.3) is 0 Å². The van der Waals surface area contributed by atoms with Crippen molar-refractivity contribution in [2.75, 3.05) is 5.43 Å². The summed E-state index contributed by atoms with van der Waals surface area (Å²) in [6.45, 7) is 1.99. The highest BCUT2D eigenvalue weighted by Crippen LogP contribution is 2.12. The van der Waals surface area contributed by atoms with E-state index in [1.54, 1.807) is 12.3 Å². The molecule has 1 unspecified atom stereocenters. The third kappa shape index (κ3) is 4.29. The number of benzene rings is 1. The maximum atomic E-state index is 12.2. The third-order valence-corrected chi connectivity index (χ3v) is 3.31. The second-order valence-corrected chi connectivity index (χ2v) is 4.96. The molecule has 0 saturated heterocycles. The van der Waals surface area contributed by atoms with E-state index in [1.165, 1.54) is 11.8 Å². The minimum atomic E-state index is -0.170. The zero-order chi connectivity index (χ0) is 15.1. The van der Waals surface area contributed by atoms with Gasteiger partial charge in [0.25, 0.3) is 5.91 Å². The SMILES string of the molecule is CC(CCc1ccccc1)NC(=O)c1cnccc1NN. The van der Waals surface area contributed by atoms with Gasteiger partial charge in [0.1, 0.15) is 0 Å². The minimum absolute atomic E-state index is 0.0727. The summed E-state index contributed by atoms with van der Waals surface area (Å²) in [5, 5.41) is 2.97. The molecule has 2 rings (SSSR count). The Kier molecular flexibility index (Phi) is 5.29. The number of carbonyl (C=O) groups excluding carboxylic acids is 1. The summed E-state index contributed by atoms with van der Waals surface area (Å²) in [4.78, 5) is 16.2. The molecule has 1 amide bonds. The predicted octanol–water partition coefficient (Wildman–Crippen LogP) is 2.12. The molecule has 0 fully saturated rings. The maximum Gasteiger partial charge on any atom is 0.255 e. The molecular weight excluding hydrogens is 264 g/mol. The van der Waals surface area contributed by atoms with Gasteiger partial charge in [0, 0.05) is 18.4 Å². The fourth-order valence-electron chi connectivity index (χ4n) is 2.10. The fourth-order valence-corrected chi connectivity index (χ4v) is 2.10. The normalized spacial score (nSPS) is 11.7. The summed E-state index contributed by atoms with van der Waals surface area (Å²) in [5.74, 6) is 5.23. The van der Waals surface area contributed by atoms with Crippen LogP contribution >= 0.6 is 0 Å². The van der Waals surface area contributed by atoms with E-state index >= 15 is 0 Å². The van der Waals surface area contributed by atoms with Crippen LogP contribution in [0.5, 0.6) is 0 Å². The van der Waals surface area contributed by atoms with Crippen LogP contribution in [0.4, 0.5) is 5.69 Å². The van der Waals surface area contributed by atoms with E-state index in [-0.39, 0.29) is 11.9 Å². The molecule has 1 aromatic carbocycles. The average molecular weight is 284 g/mol. The Balaban J connectivity index is 1.90. The first-order valence-electron chi connectivity index (χ1n) is 6.96. The fraction of sp³-hybridized carbons (Fsp3) is 0.250. The first kappa shape index (κ1) is 15.0. The largest absolute Gasteiger partial charge is 0.349 e. The first-order chi connectivity index (χ1) is 10.2. The Morgan fingerprint density at radius 3 is 2.76 bits per heavy atom. The number of aromatic nitrogens is 1. The predicted molar refractivity (Wildman–Crippen MR) is 83.7 cm³/mol. The topological polar surface area (TPSA) is 80.0 Å². The van der Waals surface area contributed by atoms with Crippen molar-refractivity contribution < 1.29 is 4.79 Å². The van der Waals surface area contributed by atoms with Crippen LogP contribution in [0.1, 0.15) is 29.3 Å². The highest BCUT2D eigenvalue weighted by molar-refractivity contribution is 5.99. The van der Waals surface area contributed by atoms with E-state index in [9.17, 15) is 4.79 Å². The van der Waals surface area contributed by atoms with E-state index in [0.717, 1.165) is 12.8 Å². The van der Waals surface area contributed by atoms with Crippen molar-refractivity contribution >= 4 is 11.6 Å². The number of carbonyl (C=O) groups is 1. The van der Waals surface area contributed by atoms with Gasteiger partial charge in [-0.3, -0.25) is 15.6 Å². The number of pyridine rings is 1. The molecule has 0 aliphatic carbocycles. The van der Waals surface area contributed by atoms with Gasteiger partial charge >= 0.3 is 0 Å². The number of nitrogen functional groups attached to an aromatic ring is 1. The van der Waals surface area contributed by atoms with Gasteiger partial charge in [0.05, 0.1) is 11.3 Å². The van der Waals surface area contributed by atoms with Crippen molar-refractivity contribution in [1.82, 2.24) is 10.3 Å². The number of hydrogen-bond acceptors (Lipinski definition) is 4. The Morgan fingerprint density at radius 2 is 2.05 bits per heavy atom. The Labute approximate surface area is 124 Å². The van der Waals surface area contributed by atoms with Crippen LogP contribution in [-0.4, -0.2) is 16.9 Å². The molecule has 5 heteroatoms. The lowest BCUT2D eigenvalue weighted by molar-refractivity contribution is 0.0939. The molecule has 110 valence electrons. The monoisotopic (exact) mass is 284 g/mol. The van der Waals surface area contributed by atoms with Gasteiger partial charge in [-0.25, -0.2) is 0 Å². The number of nitrogens with two attached hydrogens (primary N) is 1. The van der Waals surface area contributed by atoms with E-state index in [1.807, 2.05) is 25.1 Å². The lowest BCUT2D eigenvalue weighted by Crippen LogP contribution is -2.33. The average Bonchev–Trinajstić information content (AvgIpc) is 2.53. The molecule has 21 heavy (non-hydrogen) atoms. The van der Waals surface area contributed by atoms with Gasteiger partial charge in [0.15, 0.2) is 0 Å². The summed E-state index contributed by atoms with van der Waals surface area (Å²) >= 11 is 0. The summed E-state index contributed by atoms with van der Waals surface area (Å²) < 4.78 is 0. The van der Waals surface area contributed by atoms with Gasteiger partial charge in [0.2, 0.25) is 0 Å². The number of hydrazine groups is 1. The van der Waals surface area contributed by atoms with E-state index in [4.69, 9.17) is 5.84 Å². The molecule has 5 nitrogen and oxygen atoms in total. The van der Waals surface area contributed by atoms with Gasteiger partial charge in [-0.05, 0) is 31.4 Å². The molecule has 0 radical (unpaired) electrons. The van der Waals surface area contributed by atoms with Crippen molar-refractivity contribution in [2.45, 2.75) is 25.8 Å². The third-order valence-electron chi connectivity index (χ3n) is 3.31. The highest BCUT2D eigenvalue weighted by Gasteiger charge is 2.13. The zero-order valence-electron chi connectivity index (χ0n) is 12.0. The lowest BCUT2D eigenvalue weighted by Gasteiger charge is -2.15. The van der Waals surface area contributed by atoms with Crippen molar-refractivity contribution in [3.8, 4) is 0 Å². The molecule has 0 aliphatic rings. The van der Waals surface area contributed by atoms with Gasteiger partial charge < -0.3 is 10.7 Å². The van der Waals surface area contributed by atoms with Crippen molar-refractivity contribution in [3.05, 3.63) is 59.9 Å². The smallest absolute Gasteiger partial charge is 0.255 e. The minimum Gasteiger partial charge on any atom is -0.349 e. The molecule has 0 saturated carbocycles. The summed E-state index contributed by atoms with van der Waals surface area (Å²) in [6.07, 6.45) is 4.90. The second-order valence-electron chi connectivity index (χ2n) is 4.96. The standard InChI is InChI=1S/C16H20N4O/c1-12(7-8-13-5-3-2-4-6-13)19-16(21)14-11-18-10-9-15(14)20-17/h2-6,9-12H,7-8,17H2,1H3,(H,18,20)(H,19,21). The number of rotatable bonds is 6. The molecule has 1 heterocycles. The molecule has 0 aliphatic heterocycles. The van der Waals surface area contributed by atoms with Crippen LogP contribution in [0.15, 0.2) is 48.8 Å². The van der Waals surface area contributed by atoms with Gasteiger partial charge in [-0.2, -0.15) is 0 Å². The van der Waals surface area contributed by atoms with Gasteiger partial charge in [-0.15, -0.1) is 0 Å². The van der Waals surface area contributed by atoms with Crippen LogP contribution in [0.2, 0.25) is 0 Å². The number of aryl methyl sites for hydroxylation is 1. The number of anilines is 1. The van der Waals surface area contributed by atoms with Crippen molar-refractivity contribution in [1.29, 1.82) is 0 Å². The molecule has 2 aromatic rings. The summed E-state index contributed by atoms with van der Waals surface area (Å²) in [5.41, 5.74) is 4.79. The molecule has 0 bridgehead atoms. The number of nitrogens with zero attached hydrogens (tertiary/aromatic N) is 1. The summed E-state index contributed by atoms with van der Waals surface area (Å²) in [6, 6.07) is 12.0. The number of amides is 1. The van der Waals surface area contributed by atoms with Crippen molar-refractivity contribution in [2.24, 2.45) is 5.84 Å². The Hall–Kier alpha value is -2.40. The van der Waals surface area contributed by atoms with Crippen LogP contribution in [-0.2, 0) is 6.42 Å². The van der Waals surface area contributed by atoms with E-state index in [0.29, 0.717) is 11.3 Å². The zero-order valence-corrected chi connectivity index (χ0v) is 12.0.